The summed E-state index contributed by atoms with van der Waals surface area (Å²) in [6.45, 7) is 5.94. The normalized spacial score (nSPS) is 13.2. The second kappa shape index (κ2) is 6.72. The Hall–Kier alpha value is -1.59. The molecule has 0 aromatic heterocycles. The molecule has 2 rings (SSSR count). The van der Waals surface area contributed by atoms with Crippen LogP contribution in [0.25, 0.3) is 0 Å². The Morgan fingerprint density at radius 1 is 1.35 bits per heavy atom. The van der Waals surface area contributed by atoms with Crippen LogP contribution in [0.15, 0.2) is 18.2 Å². The van der Waals surface area contributed by atoms with Gasteiger partial charge in [-0.25, -0.2) is 0 Å². The number of rotatable bonds is 7. The molecule has 1 heterocycles. The van der Waals surface area contributed by atoms with Gasteiger partial charge in [0.1, 0.15) is 0 Å². The van der Waals surface area contributed by atoms with Gasteiger partial charge >= 0.3 is 0 Å². The van der Waals surface area contributed by atoms with Crippen molar-refractivity contribution in [2.75, 3.05) is 33.5 Å². The molecule has 5 heteroatoms. The first-order valence-electron chi connectivity index (χ1n) is 6.79. The number of benzene rings is 1. The number of ketones is 1. The summed E-state index contributed by atoms with van der Waals surface area (Å²) in [6, 6.07) is 5.29. The summed E-state index contributed by atoms with van der Waals surface area (Å²) in [5.41, 5.74) is 0.644. The van der Waals surface area contributed by atoms with E-state index in [1.807, 2.05) is 25.8 Å². The first-order chi connectivity index (χ1) is 9.56. The Morgan fingerprint density at radius 3 is 2.85 bits per heavy atom. The van der Waals surface area contributed by atoms with E-state index < -0.39 is 0 Å². The summed E-state index contributed by atoms with van der Waals surface area (Å²) in [5, 5.41) is 0. The average Bonchev–Trinajstić information content (AvgIpc) is 2.85. The molecule has 1 aromatic carbocycles. The van der Waals surface area contributed by atoms with Crippen LogP contribution >= 0.6 is 0 Å². The Labute approximate surface area is 119 Å². The second-order valence-electron chi connectivity index (χ2n) is 5.15. The highest BCUT2D eigenvalue weighted by Crippen LogP contribution is 2.32. The van der Waals surface area contributed by atoms with E-state index in [1.54, 1.807) is 18.2 Å². The van der Waals surface area contributed by atoms with Gasteiger partial charge in [0.05, 0.1) is 19.3 Å². The van der Waals surface area contributed by atoms with Crippen LogP contribution in [0.4, 0.5) is 0 Å². The third kappa shape index (κ3) is 3.95. The van der Waals surface area contributed by atoms with E-state index >= 15 is 0 Å². The van der Waals surface area contributed by atoms with E-state index in [0.29, 0.717) is 30.2 Å². The maximum Gasteiger partial charge on any atom is 0.231 e. The van der Waals surface area contributed by atoms with Crippen LogP contribution in [-0.4, -0.2) is 50.3 Å². The second-order valence-corrected chi connectivity index (χ2v) is 5.15. The molecule has 0 bridgehead atoms. The van der Waals surface area contributed by atoms with Crippen LogP contribution in [0.3, 0.4) is 0 Å². The fourth-order valence-electron chi connectivity index (χ4n) is 1.93. The number of hydrogen-bond acceptors (Lipinski definition) is 5. The van der Waals surface area contributed by atoms with Crippen LogP contribution in [0.5, 0.6) is 11.5 Å². The molecule has 1 aliphatic rings. The molecule has 5 nitrogen and oxygen atoms in total. The molecule has 0 aliphatic carbocycles. The standard InChI is InChI=1S/C15H21NO4/c1-11(2)18-7-6-16(3)9-13(17)12-4-5-14-15(8-12)20-10-19-14/h4-5,8,11H,6-7,9-10H2,1-3H3. The summed E-state index contributed by atoms with van der Waals surface area (Å²) in [5.74, 6) is 1.40. The van der Waals surface area contributed by atoms with E-state index in [4.69, 9.17) is 14.2 Å². The highest BCUT2D eigenvalue weighted by Gasteiger charge is 2.17. The van der Waals surface area contributed by atoms with Crippen LogP contribution < -0.4 is 9.47 Å². The first-order valence-corrected chi connectivity index (χ1v) is 6.79. The maximum atomic E-state index is 12.2. The number of nitrogens with zero attached hydrogens (tertiary/aromatic N) is 1. The van der Waals surface area contributed by atoms with Gasteiger partial charge in [0, 0.05) is 12.1 Å². The van der Waals surface area contributed by atoms with Crippen molar-refractivity contribution in [1.29, 1.82) is 0 Å². The van der Waals surface area contributed by atoms with E-state index in [0.717, 1.165) is 6.54 Å². The van der Waals surface area contributed by atoms with Gasteiger partial charge in [-0.2, -0.15) is 0 Å². The van der Waals surface area contributed by atoms with Crippen LogP contribution in [0.2, 0.25) is 0 Å². The molecule has 0 radical (unpaired) electrons. The molecule has 0 amide bonds. The molecule has 0 saturated carbocycles. The van der Waals surface area contributed by atoms with Gasteiger partial charge in [-0.3, -0.25) is 9.69 Å². The van der Waals surface area contributed by atoms with Crippen molar-refractivity contribution in [3.63, 3.8) is 0 Å². The van der Waals surface area contributed by atoms with Crippen LogP contribution in [0, 0.1) is 0 Å². The molecule has 0 unspecified atom stereocenters. The third-order valence-corrected chi connectivity index (χ3v) is 3.03. The quantitative estimate of drug-likeness (QED) is 0.714. The maximum absolute atomic E-state index is 12.2. The molecule has 110 valence electrons. The van der Waals surface area contributed by atoms with Crippen molar-refractivity contribution in [3.8, 4) is 11.5 Å². The molecular formula is C15H21NO4. The zero-order chi connectivity index (χ0) is 14.5. The van der Waals surface area contributed by atoms with E-state index in [1.165, 1.54) is 0 Å². The predicted molar refractivity (Wildman–Crippen MR) is 75.5 cm³/mol. The number of carbonyl (C=O) groups excluding carboxylic acids is 1. The fourth-order valence-corrected chi connectivity index (χ4v) is 1.93. The molecule has 1 aliphatic heterocycles. The van der Waals surface area contributed by atoms with Crippen LogP contribution in [0.1, 0.15) is 24.2 Å². The largest absolute Gasteiger partial charge is 0.454 e. The van der Waals surface area contributed by atoms with Crippen molar-refractivity contribution in [2.45, 2.75) is 20.0 Å². The SMILES string of the molecule is CC(C)OCCN(C)CC(=O)c1ccc2c(c1)OCO2. The zero-order valence-electron chi connectivity index (χ0n) is 12.2. The van der Waals surface area contributed by atoms with Crippen molar-refractivity contribution in [1.82, 2.24) is 4.90 Å². The summed E-state index contributed by atoms with van der Waals surface area (Å²) in [4.78, 5) is 14.1. The van der Waals surface area contributed by atoms with E-state index in [2.05, 4.69) is 0 Å². The lowest BCUT2D eigenvalue weighted by Crippen LogP contribution is -2.29. The lowest BCUT2D eigenvalue weighted by Gasteiger charge is -2.16. The van der Waals surface area contributed by atoms with Gasteiger partial charge in [-0.15, -0.1) is 0 Å². The molecule has 0 atom stereocenters. The molecule has 0 spiro atoms. The fraction of sp³-hybridized carbons (Fsp3) is 0.533. The summed E-state index contributed by atoms with van der Waals surface area (Å²) in [6.07, 6.45) is 0.216. The topological polar surface area (TPSA) is 48.0 Å². The Bertz CT molecular complexity index is 473. The highest BCUT2D eigenvalue weighted by atomic mass is 16.7. The van der Waals surface area contributed by atoms with E-state index in [9.17, 15) is 4.79 Å². The monoisotopic (exact) mass is 279 g/mol. The minimum atomic E-state index is 0.0651. The van der Waals surface area contributed by atoms with Crippen molar-refractivity contribution in [2.24, 2.45) is 0 Å². The van der Waals surface area contributed by atoms with Crippen LogP contribution in [-0.2, 0) is 4.74 Å². The molecule has 0 N–H and O–H groups in total. The third-order valence-electron chi connectivity index (χ3n) is 3.03. The minimum absolute atomic E-state index is 0.0651. The molecule has 0 fully saturated rings. The van der Waals surface area contributed by atoms with Gasteiger partial charge in [0.25, 0.3) is 0 Å². The predicted octanol–water partition coefficient (Wildman–Crippen LogP) is 1.95. The van der Waals surface area contributed by atoms with Gasteiger partial charge in [-0.1, -0.05) is 0 Å². The number of hydrogen-bond donors (Lipinski definition) is 0. The summed E-state index contributed by atoms with van der Waals surface area (Å²) >= 11 is 0. The average molecular weight is 279 g/mol. The summed E-state index contributed by atoms with van der Waals surface area (Å²) < 4.78 is 16.0. The Balaban J connectivity index is 1.85. The number of fused-ring (bicyclic) bond motifs is 1. The number of likely N-dealkylation sites (N-methyl/N-ethyl adjacent to an activating group) is 1. The summed E-state index contributed by atoms with van der Waals surface area (Å²) in [7, 11) is 1.91. The van der Waals surface area contributed by atoms with E-state index in [-0.39, 0.29) is 18.7 Å². The van der Waals surface area contributed by atoms with Crippen molar-refractivity contribution >= 4 is 5.78 Å². The number of ether oxygens (including phenoxy) is 3. The van der Waals surface area contributed by atoms with Gasteiger partial charge in [0.15, 0.2) is 17.3 Å². The molecule has 20 heavy (non-hydrogen) atoms. The molecule has 0 saturated heterocycles. The van der Waals surface area contributed by atoms with Gasteiger partial charge < -0.3 is 14.2 Å². The zero-order valence-corrected chi connectivity index (χ0v) is 12.2. The van der Waals surface area contributed by atoms with Crippen molar-refractivity contribution in [3.05, 3.63) is 23.8 Å². The molecule has 1 aromatic rings. The van der Waals surface area contributed by atoms with Crippen molar-refractivity contribution < 1.29 is 19.0 Å². The van der Waals surface area contributed by atoms with Gasteiger partial charge in [0.2, 0.25) is 6.79 Å². The highest BCUT2D eigenvalue weighted by molar-refractivity contribution is 5.98. The number of Topliss-reactive ketones (excluding diaryl/α,β-unsaturated/α-hetero) is 1. The lowest BCUT2D eigenvalue weighted by molar-refractivity contribution is 0.0619. The Kier molecular flexibility index (Phi) is 4.98. The lowest BCUT2D eigenvalue weighted by atomic mass is 10.1. The van der Waals surface area contributed by atoms with Gasteiger partial charge in [-0.05, 0) is 39.1 Å². The Morgan fingerprint density at radius 2 is 2.10 bits per heavy atom. The first kappa shape index (κ1) is 14.8. The minimum Gasteiger partial charge on any atom is -0.454 e. The molecular weight excluding hydrogens is 258 g/mol. The number of carbonyl (C=O) groups is 1. The smallest absolute Gasteiger partial charge is 0.231 e.